The molecule has 0 radical (unpaired) electrons. The molecule has 0 aliphatic heterocycles. The Labute approximate surface area is 126 Å². The van der Waals surface area contributed by atoms with Gasteiger partial charge in [-0.05, 0) is 12.1 Å². The van der Waals surface area contributed by atoms with Gasteiger partial charge in [0, 0.05) is 19.0 Å². The molecule has 3 N–H and O–H groups in total. The summed E-state index contributed by atoms with van der Waals surface area (Å²) >= 11 is 0. The number of hydrogen-bond donors (Lipinski definition) is 2. The third kappa shape index (κ3) is 1.75. The topological polar surface area (TPSA) is 98.3 Å². The Balaban J connectivity index is 1.98. The lowest BCUT2D eigenvalue weighted by molar-refractivity contribution is 0.789. The Morgan fingerprint density at radius 1 is 1.27 bits per heavy atom. The minimum atomic E-state index is 0.437. The van der Waals surface area contributed by atoms with Crippen molar-refractivity contribution in [2.45, 2.75) is 13.3 Å². The van der Waals surface area contributed by atoms with Crippen LogP contribution in [0.15, 0.2) is 24.5 Å². The monoisotopic (exact) mass is 293 g/mol. The lowest BCUT2D eigenvalue weighted by Crippen LogP contribution is -1.95. The van der Waals surface area contributed by atoms with Gasteiger partial charge in [-0.1, -0.05) is 13.0 Å². The van der Waals surface area contributed by atoms with Crippen LogP contribution in [-0.2, 0) is 13.5 Å². The standard InChI is InChI=1S/C15H15N7/c1-3-11-19-9-5-4-8(6-10(9)20-11)13-12-14(16)17-7-18-15(12)22(2)21-13/h4-7H,3H2,1-2H3,(H,19,20)(H2,16,17,18). The van der Waals surface area contributed by atoms with E-state index in [0.29, 0.717) is 5.82 Å². The lowest BCUT2D eigenvalue weighted by Gasteiger charge is -1.99. The van der Waals surface area contributed by atoms with E-state index in [2.05, 4.69) is 32.0 Å². The van der Waals surface area contributed by atoms with Crippen molar-refractivity contribution in [1.29, 1.82) is 0 Å². The maximum atomic E-state index is 6.02. The highest BCUT2D eigenvalue weighted by Gasteiger charge is 2.16. The number of anilines is 1. The highest BCUT2D eigenvalue weighted by molar-refractivity contribution is 5.99. The summed E-state index contributed by atoms with van der Waals surface area (Å²) in [7, 11) is 1.85. The van der Waals surface area contributed by atoms with Crippen LogP contribution in [0.3, 0.4) is 0 Å². The molecular formula is C15H15N7. The van der Waals surface area contributed by atoms with E-state index < -0.39 is 0 Å². The fraction of sp³-hybridized carbons (Fsp3) is 0.200. The zero-order chi connectivity index (χ0) is 15.3. The van der Waals surface area contributed by atoms with Crippen LogP contribution in [-0.4, -0.2) is 29.7 Å². The van der Waals surface area contributed by atoms with E-state index in [4.69, 9.17) is 5.73 Å². The van der Waals surface area contributed by atoms with Crippen LogP contribution in [0.1, 0.15) is 12.7 Å². The molecule has 110 valence electrons. The molecule has 22 heavy (non-hydrogen) atoms. The minimum absolute atomic E-state index is 0.437. The van der Waals surface area contributed by atoms with Crippen molar-refractivity contribution in [2.75, 3.05) is 5.73 Å². The molecule has 3 aromatic heterocycles. The molecular weight excluding hydrogens is 278 g/mol. The summed E-state index contributed by atoms with van der Waals surface area (Å²) < 4.78 is 1.72. The SMILES string of the molecule is CCc1nc2ccc(-c3nn(C)c4ncnc(N)c34)cc2[nH]1. The maximum Gasteiger partial charge on any atom is 0.163 e. The number of aryl methyl sites for hydroxylation is 2. The van der Waals surface area contributed by atoms with Crippen LogP contribution in [0.2, 0.25) is 0 Å². The molecule has 0 aliphatic carbocycles. The Morgan fingerprint density at radius 3 is 2.95 bits per heavy atom. The van der Waals surface area contributed by atoms with E-state index in [0.717, 1.165) is 45.6 Å². The van der Waals surface area contributed by atoms with E-state index in [1.807, 2.05) is 25.2 Å². The molecule has 0 saturated carbocycles. The van der Waals surface area contributed by atoms with E-state index in [9.17, 15) is 0 Å². The van der Waals surface area contributed by atoms with Gasteiger partial charge in [0.15, 0.2) is 5.65 Å². The average molecular weight is 293 g/mol. The number of aromatic amines is 1. The Kier molecular flexibility index (Phi) is 2.62. The summed E-state index contributed by atoms with van der Waals surface area (Å²) in [5.41, 5.74) is 10.4. The zero-order valence-electron chi connectivity index (χ0n) is 12.3. The molecule has 7 heteroatoms. The van der Waals surface area contributed by atoms with Gasteiger partial charge in [0.1, 0.15) is 23.7 Å². The van der Waals surface area contributed by atoms with E-state index >= 15 is 0 Å². The molecule has 7 nitrogen and oxygen atoms in total. The van der Waals surface area contributed by atoms with E-state index in [1.165, 1.54) is 6.33 Å². The number of nitrogens with two attached hydrogens (primary N) is 1. The predicted octanol–water partition coefficient (Wildman–Crippen LogP) is 2.05. The van der Waals surface area contributed by atoms with Gasteiger partial charge >= 0.3 is 0 Å². The smallest absolute Gasteiger partial charge is 0.163 e. The molecule has 0 amide bonds. The molecule has 1 aromatic carbocycles. The highest BCUT2D eigenvalue weighted by atomic mass is 15.3. The highest BCUT2D eigenvalue weighted by Crippen LogP contribution is 2.30. The van der Waals surface area contributed by atoms with Gasteiger partial charge in [-0.3, -0.25) is 0 Å². The van der Waals surface area contributed by atoms with Crippen molar-refractivity contribution in [3.05, 3.63) is 30.4 Å². The molecule has 0 bridgehead atoms. The fourth-order valence-corrected chi connectivity index (χ4v) is 2.69. The summed E-state index contributed by atoms with van der Waals surface area (Å²) in [6.45, 7) is 2.07. The largest absolute Gasteiger partial charge is 0.383 e. The molecule has 3 heterocycles. The van der Waals surface area contributed by atoms with Crippen LogP contribution in [0.5, 0.6) is 0 Å². The number of fused-ring (bicyclic) bond motifs is 2. The number of imidazole rings is 1. The second-order valence-electron chi connectivity index (χ2n) is 5.20. The minimum Gasteiger partial charge on any atom is -0.383 e. The molecule has 0 aliphatic rings. The number of rotatable bonds is 2. The Hall–Kier alpha value is -2.96. The maximum absolute atomic E-state index is 6.02. The normalized spacial score (nSPS) is 11.5. The zero-order valence-corrected chi connectivity index (χ0v) is 12.3. The fourth-order valence-electron chi connectivity index (χ4n) is 2.69. The van der Waals surface area contributed by atoms with Crippen LogP contribution in [0.4, 0.5) is 5.82 Å². The quantitative estimate of drug-likeness (QED) is 0.589. The van der Waals surface area contributed by atoms with Crippen LogP contribution < -0.4 is 5.73 Å². The molecule has 0 saturated heterocycles. The molecule has 0 fully saturated rings. The Morgan fingerprint density at radius 2 is 2.14 bits per heavy atom. The van der Waals surface area contributed by atoms with Crippen molar-refractivity contribution >= 4 is 27.9 Å². The first-order valence-electron chi connectivity index (χ1n) is 7.09. The molecule has 0 atom stereocenters. The van der Waals surface area contributed by atoms with Crippen molar-refractivity contribution in [2.24, 2.45) is 7.05 Å². The van der Waals surface area contributed by atoms with Gasteiger partial charge in [0.05, 0.1) is 16.4 Å². The van der Waals surface area contributed by atoms with Gasteiger partial charge in [0.25, 0.3) is 0 Å². The molecule has 0 unspecified atom stereocenters. The average Bonchev–Trinajstić information content (AvgIpc) is 3.08. The number of benzene rings is 1. The van der Waals surface area contributed by atoms with Gasteiger partial charge in [0.2, 0.25) is 0 Å². The van der Waals surface area contributed by atoms with Crippen LogP contribution >= 0.6 is 0 Å². The first-order valence-corrected chi connectivity index (χ1v) is 7.09. The van der Waals surface area contributed by atoms with E-state index in [-0.39, 0.29) is 0 Å². The van der Waals surface area contributed by atoms with Gasteiger partial charge < -0.3 is 10.7 Å². The molecule has 4 aromatic rings. The van der Waals surface area contributed by atoms with Gasteiger partial charge in [-0.2, -0.15) is 5.10 Å². The second kappa shape index (κ2) is 4.52. The van der Waals surface area contributed by atoms with Gasteiger partial charge in [-0.25, -0.2) is 19.6 Å². The van der Waals surface area contributed by atoms with Crippen molar-refractivity contribution in [3.63, 3.8) is 0 Å². The molecule has 0 spiro atoms. The third-order valence-electron chi connectivity index (χ3n) is 3.79. The Bertz CT molecular complexity index is 996. The summed E-state index contributed by atoms with van der Waals surface area (Å²) in [5, 5.41) is 5.33. The van der Waals surface area contributed by atoms with Crippen LogP contribution in [0, 0.1) is 0 Å². The second-order valence-corrected chi connectivity index (χ2v) is 5.20. The van der Waals surface area contributed by atoms with Gasteiger partial charge in [-0.15, -0.1) is 0 Å². The first kappa shape index (κ1) is 12.8. The lowest BCUT2D eigenvalue weighted by atomic mass is 10.1. The number of hydrogen-bond acceptors (Lipinski definition) is 5. The van der Waals surface area contributed by atoms with E-state index in [1.54, 1.807) is 4.68 Å². The number of aromatic nitrogens is 6. The van der Waals surface area contributed by atoms with Crippen molar-refractivity contribution < 1.29 is 0 Å². The van der Waals surface area contributed by atoms with Crippen molar-refractivity contribution in [1.82, 2.24) is 29.7 Å². The molecule has 4 rings (SSSR count). The summed E-state index contributed by atoms with van der Waals surface area (Å²) in [5.74, 6) is 1.41. The third-order valence-corrected chi connectivity index (χ3v) is 3.79. The number of H-pyrrole nitrogens is 1. The van der Waals surface area contributed by atoms with Crippen molar-refractivity contribution in [3.8, 4) is 11.3 Å². The predicted molar refractivity (Wildman–Crippen MR) is 85.2 cm³/mol. The number of nitrogen functional groups attached to an aromatic ring is 1. The first-order chi connectivity index (χ1) is 10.7. The van der Waals surface area contributed by atoms with Crippen LogP contribution in [0.25, 0.3) is 33.3 Å². The number of nitrogens with one attached hydrogen (secondary N) is 1. The summed E-state index contributed by atoms with van der Waals surface area (Å²) in [6, 6.07) is 6.02. The summed E-state index contributed by atoms with van der Waals surface area (Å²) in [4.78, 5) is 16.2. The number of nitrogens with zero attached hydrogens (tertiary/aromatic N) is 5. The summed E-state index contributed by atoms with van der Waals surface area (Å²) in [6.07, 6.45) is 2.33.